The number of fused-ring (bicyclic) bond motifs is 1. The molecule has 0 saturated carbocycles. The van der Waals surface area contributed by atoms with Gasteiger partial charge in [-0.3, -0.25) is 9.89 Å². The summed E-state index contributed by atoms with van der Waals surface area (Å²) in [4.78, 5) is 6.05. The fraction of sp³-hybridized carbons (Fsp3) is 0.471. The normalized spacial score (nSPS) is 14.0. The first kappa shape index (κ1) is 20.5. The Kier molecular flexibility index (Phi) is 7.24. The van der Waals surface area contributed by atoms with Crippen LogP contribution >= 0.6 is 11.3 Å². The van der Waals surface area contributed by atoms with E-state index in [4.69, 9.17) is 0 Å². The molecule has 1 unspecified atom stereocenters. The van der Waals surface area contributed by atoms with Crippen LogP contribution in [0.4, 0.5) is 13.2 Å². The summed E-state index contributed by atoms with van der Waals surface area (Å²) in [6, 6.07) is 9.85. The molecule has 1 atom stereocenters. The number of hydrogen-bond acceptors (Lipinski definition) is 4. The van der Waals surface area contributed by atoms with E-state index in [9.17, 15) is 18.3 Å². The molecule has 0 radical (unpaired) electrons. The zero-order chi connectivity index (χ0) is 19.2. The number of nitrogens with one attached hydrogen (secondary N) is 2. The van der Waals surface area contributed by atoms with Crippen molar-refractivity contribution in [2.24, 2.45) is 4.99 Å². The molecule has 0 amide bonds. The van der Waals surface area contributed by atoms with Crippen molar-refractivity contribution < 1.29 is 18.3 Å². The van der Waals surface area contributed by atoms with Crippen LogP contribution in [0.2, 0.25) is 0 Å². The Morgan fingerprint density at radius 2 is 2.04 bits per heavy atom. The third-order valence-electron chi connectivity index (χ3n) is 3.69. The Morgan fingerprint density at radius 3 is 2.69 bits per heavy atom. The van der Waals surface area contributed by atoms with Gasteiger partial charge in [0.1, 0.15) is 6.10 Å². The van der Waals surface area contributed by atoms with Gasteiger partial charge in [0.25, 0.3) is 0 Å². The maximum Gasteiger partial charge on any atom is 0.401 e. The van der Waals surface area contributed by atoms with Crippen LogP contribution in [-0.4, -0.2) is 62.4 Å². The summed E-state index contributed by atoms with van der Waals surface area (Å²) in [6.07, 6.45) is -4.90. The summed E-state index contributed by atoms with van der Waals surface area (Å²) in [5.41, 5.74) is 0. The van der Waals surface area contributed by atoms with E-state index in [0.717, 1.165) is 15.0 Å². The second kappa shape index (κ2) is 9.20. The smallest absolute Gasteiger partial charge is 0.386 e. The highest BCUT2D eigenvalue weighted by Crippen LogP contribution is 2.29. The van der Waals surface area contributed by atoms with Gasteiger partial charge >= 0.3 is 6.18 Å². The number of hydrogen-bond donors (Lipinski definition) is 3. The second-order valence-electron chi connectivity index (χ2n) is 5.94. The first-order valence-corrected chi connectivity index (χ1v) is 8.96. The van der Waals surface area contributed by atoms with E-state index in [1.54, 1.807) is 7.05 Å². The second-order valence-corrected chi connectivity index (χ2v) is 7.05. The maximum absolute atomic E-state index is 12.3. The number of benzene rings is 1. The third-order valence-corrected chi connectivity index (χ3v) is 4.91. The molecule has 0 spiro atoms. The number of halogens is 3. The van der Waals surface area contributed by atoms with E-state index in [-0.39, 0.29) is 13.1 Å². The summed E-state index contributed by atoms with van der Waals surface area (Å²) < 4.78 is 38.0. The van der Waals surface area contributed by atoms with E-state index >= 15 is 0 Å². The van der Waals surface area contributed by atoms with E-state index in [1.165, 1.54) is 23.3 Å². The molecule has 1 heterocycles. The number of aliphatic imine (C=N–C) groups is 1. The van der Waals surface area contributed by atoms with Gasteiger partial charge in [-0.2, -0.15) is 13.2 Å². The average Bonchev–Trinajstić information content (AvgIpc) is 3.00. The molecule has 2 rings (SSSR count). The van der Waals surface area contributed by atoms with Gasteiger partial charge in [0, 0.05) is 36.3 Å². The van der Waals surface area contributed by atoms with Gasteiger partial charge in [-0.1, -0.05) is 18.2 Å². The topological polar surface area (TPSA) is 59.9 Å². The van der Waals surface area contributed by atoms with E-state index < -0.39 is 18.8 Å². The van der Waals surface area contributed by atoms with Crippen molar-refractivity contribution in [2.45, 2.75) is 12.3 Å². The van der Waals surface area contributed by atoms with Crippen molar-refractivity contribution in [3.05, 3.63) is 35.2 Å². The number of thiophene rings is 1. The predicted octanol–water partition coefficient (Wildman–Crippen LogP) is 2.59. The van der Waals surface area contributed by atoms with E-state index in [1.807, 2.05) is 30.3 Å². The SMILES string of the molecule is CN=C(NCCN(C)CC(F)(F)F)NCC(O)c1cc2ccccc2s1. The van der Waals surface area contributed by atoms with Gasteiger partial charge in [-0.15, -0.1) is 11.3 Å². The van der Waals surface area contributed by atoms with Crippen LogP contribution in [0.5, 0.6) is 0 Å². The minimum atomic E-state index is -4.21. The van der Waals surface area contributed by atoms with E-state index in [2.05, 4.69) is 15.6 Å². The number of nitrogens with zero attached hydrogens (tertiary/aromatic N) is 2. The summed E-state index contributed by atoms with van der Waals surface area (Å²) in [5.74, 6) is 0.436. The lowest BCUT2D eigenvalue weighted by molar-refractivity contribution is -0.142. The Morgan fingerprint density at radius 1 is 1.31 bits per heavy atom. The molecule has 0 bridgehead atoms. The van der Waals surface area contributed by atoms with Crippen LogP contribution in [0.1, 0.15) is 11.0 Å². The minimum absolute atomic E-state index is 0.221. The van der Waals surface area contributed by atoms with Crippen LogP contribution < -0.4 is 10.6 Å². The van der Waals surface area contributed by atoms with Crippen molar-refractivity contribution >= 4 is 27.4 Å². The van der Waals surface area contributed by atoms with Crippen LogP contribution in [0.3, 0.4) is 0 Å². The van der Waals surface area contributed by atoms with Gasteiger partial charge in [0.2, 0.25) is 0 Å². The summed E-state index contributed by atoms with van der Waals surface area (Å²) in [7, 11) is 2.98. The highest BCUT2D eigenvalue weighted by molar-refractivity contribution is 7.19. The molecule has 0 fully saturated rings. The van der Waals surface area contributed by atoms with Crippen LogP contribution in [0.15, 0.2) is 35.3 Å². The molecular formula is C17H23F3N4OS. The monoisotopic (exact) mass is 388 g/mol. The molecule has 9 heteroatoms. The van der Waals surface area contributed by atoms with Crippen molar-refractivity contribution in [2.75, 3.05) is 40.3 Å². The van der Waals surface area contributed by atoms with Crippen molar-refractivity contribution in [3.63, 3.8) is 0 Å². The molecule has 5 nitrogen and oxygen atoms in total. The van der Waals surface area contributed by atoms with Gasteiger partial charge < -0.3 is 15.7 Å². The van der Waals surface area contributed by atoms with Gasteiger partial charge in [0.05, 0.1) is 6.54 Å². The molecule has 0 aliphatic heterocycles. The highest BCUT2D eigenvalue weighted by Gasteiger charge is 2.28. The van der Waals surface area contributed by atoms with Crippen molar-refractivity contribution in [3.8, 4) is 0 Å². The largest absolute Gasteiger partial charge is 0.401 e. The Bertz CT molecular complexity index is 699. The van der Waals surface area contributed by atoms with Crippen LogP contribution in [-0.2, 0) is 0 Å². The lowest BCUT2D eigenvalue weighted by atomic mass is 10.2. The van der Waals surface area contributed by atoms with E-state index in [0.29, 0.717) is 12.5 Å². The van der Waals surface area contributed by atoms with Gasteiger partial charge in [-0.25, -0.2) is 0 Å². The van der Waals surface area contributed by atoms with Gasteiger partial charge in [-0.05, 0) is 24.6 Å². The number of aliphatic hydroxyl groups is 1. The number of guanidine groups is 1. The summed E-state index contributed by atoms with van der Waals surface area (Å²) in [5, 5.41) is 17.4. The standard InChI is InChI=1S/C17H23F3N4OS/c1-21-16(22-7-8-24(2)11-17(18,19)20)23-10-13(25)15-9-12-5-3-4-6-14(12)26-15/h3-6,9,13,25H,7-8,10-11H2,1-2H3,(H2,21,22,23). The first-order chi connectivity index (χ1) is 12.3. The van der Waals surface area contributed by atoms with Crippen LogP contribution in [0, 0.1) is 0 Å². The molecule has 2 aromatic rings. The average molecular weight is 388 g/mol. The zero-order valence-electron chi connectivity index (χ0n) is 14.7. The van der Waals surface area contributed by atoms with Crippen molar-refractivity contribution in [1.82, 2.24) is 15.5 Å². The number of likely N-dealkylation sites (N-methyl/N-ethyl adjacent to an activating group) is 1. The molecule has 144 valence electrons. The number of alkyl halides is 3. The highest BCUT2D eigenvalue weighted by atomic mass is 32.1. The number of rotatable bonds is 7. The summed E-state index contributed by atoms with van der Waals surface area (Å²) >= 11 is 1.53. The molecule has 3 N–H and O–H groups in total. The lowest BCUT2D eigenvalue weighted by Crippen LogP contribution is -2.43. The summed E-state index contributed by atoms with van der Waals surface area (Å²) in [6.45, 7) is -0.166. The fourth-order valence-corrected chi connectivity index (χ4v) is 3.48. The van der Waals surface area contributed by atoms with Crippen LogP contribution in [0.25, 0.3) is 10.1 Å². The third kappa shape index (κ3) is 6.47. The maximum atomic E-state index is 12.3. The molecular weight excluding hydrogens is 365 g/mol. The first-order valence-electron chi connectivity index (χ1n) is 8.15. The molecule has 1 aromatic heterocycles. The van der Waals surface area contributed by atoms with Gasteiger partial charge in [0.15, 0.2) is 5.96 Å². The molecule has 1 aromatic carbocycles. The Balaban J connectivity index is 1.77. The quantitative estimate of drug-likeness (QED) is 0.504. The zero-order valence-corrected chi connectivity index (χ0v) is 15.5. The van der Waals surface area contributed by atoms with Crippen molar-refractivity contribution in [1.29, 1.82) is 0 Å². The molecule has 0 aliphatic rings. The Hall–Kier alpha value is -1.84. The lowest BCUT2D eigenvalue weighted by Gasteiger charge is -2.20. The Labute approximate surface area is 154 Å². The minimum Gasteiger partial charge on any atom is -0.386 e. The molecule has 26 heavy (non-hydrogen) atoms. The number of aliphatic hydroxyl groups excluding tert-OH is 1. The molecule has 0 aliphatic carbocycles. The fourth-order valence-electron chi connectivity index (χ4n) is 2.43. The molecule has 0 saturated heterocycles. The predicted molar refractivity (Wildman–Crippen MR) is 99.7 cm³/mol.